The van der Waals surface area contributed by atoms with Crippen LogP contribution in [0.3, 0.4) is 0 Å². The molecule has 21 heavy (non-hydrogen) atoms. The molecule has 0 spiro atoms. The summed E-state index contributed by atoms with van der Waals surface area (Å²) in [4.78, 5) is 7.37. The van der Waals surface area contributed by atoms with Crippen LogP contribution >= 0.6 is 11.3 Å². The van der Waals surface area contributed by atoms with Crippen molar-refractivity contribution >= 4 is 22.8 Å². The number of aryl methyl sites for hydroxylation is 4. The number of hydrogen-bond donors (Lipinski definition) is 1. The molecule has 0 fully saturated rings. The molecule has 110 valence electrons. The minimum absolute atomic E-state index is 0.818. The van der Waals surface area contributed by atoms with Gasteiger partial charge >= 0.3 is 0 Å². The second-order valence-corrected chi connectivity index (χ2v) is 6.67. The van der Waals surface area contributed by atoms with E-state index in [0.717, 1.165) is 41.4 Å². The lowest BCUT2D eigenvalue weighted by molar-refractivity contribution is 0.890. The van der Waals surface area contributed by atoms with Crippen LogP contribution in [0.1, 0.15) is 33.6 Å². The maximum atomic E-state index is 4.70. The predicted octanol–water partition coefficient (Wildman–Crippen LogP) is 3.89. The van der Waals surface area contributed by atoms with Crippen molar-refractivity contribution in [3.8, 4) is 0 Å². The highest BCUT2D eigenvalue weighted by molar-refractivity contribution is 7.11. The van der Waals surface area contributed by atoms with Gasteiger partial charge in [0.25, 0.3) is 0 Å². The number of hydrogen-bond acceptors (Lipinski definition) is 4. The first-order chi connectivity index (χ1) is 10.1. The number of fused-ring (bicyclic) bond motifs is 1. The first-order valence-electron chi connectivity index (χ1n) is 7.23. The summed E-state index contributed by atoms with van der Waals surface area (Å²) in [6, 6.07) is 6.43. The highest BCUT2D eigenvalue weighted by Gasteiger charge is 2.11. The summed E-state index contributed by atoms with van der Waals surface area (Å²) in [5.41, 5.74) is 4.23. The molecule has 5 heteroatoms. The molecule has 4 nitrogen and oxygen atoms in total. The van der Waals surface area contributed by atoms with Crippen LogP contribution in [0, 0.1) is 20.8 Å². The van der Waals surface area contributed by atoms with Gasteiger partial charge in [0.2, 0.25) is 0 Å². The zero-order valence-corrected chi connectivity index (χ0v) is 13.7. The molecule has 0 amide bonds. The predicted molar refractivity (Wildman–Crippen MR) is 88.2 cm³/mol. The molecular weight excluding hydrogens is 280 g/mol. The standard InChI is InChI=1S/C16H20N4S/c1-5-13-8-15(17-9-14-7-6-10(2)21-14)20-16(18-13)11(3)12(4)19-20/h6-8,17H,5,9H2,1-4H3. The molecule has 0 aromatic carbocycles. The monoisotopic (exact) mass is 300 g/mol. The summed E-state index contributed by atoms with van der Waals surface area (Å²) in [6.07, 6.45) is 0.924. The van der Waals surface area contributed by atoms with Crippen molar-refractivity contribution in [3.05, 3.63) is 44.9 Å². The third-order valence-electron chi connectivity index (χ3n) is 3.71. The summed E-state index contributed by atoms with van der Waals surface area (Å²) in [5.74, 6) is 1.01. The van der Waals surface area contributed by atoms with E-state index in [1.165, 1.54) is 9.75 Å². The Labute approximate surface area is 128 Å². The van der Waals surface area contributed by atoms with Gasteiger partial charge in [-0.15, -0.1) is 11.3 Å². The molecule has 3 rings (SSSR count). The summed E-state index contributed by atoms with van der Waals surface area (Å²) < 4.78 is 1.92. The molecule has 0 saturated carbocycles. The van der Waals surface area contributed by atoms with Crippen LogP contribution in [0.4, 0.5) is 5.82 Å². The van der Waals surface area contributed by atoms with Crippen molar-refractivity contribution in [2.45, 2.75) is 40.7 Å². The first kappa shape index (κ1) is 14.1. The Bertz CT molecular complexity index is 785. The number of rotatable bonds is 4. The van der Waals surface area contributed by atoms with Crippen LogP contribution in [0.15, 0.2) is 18.2 Å². The molecule has 0 atom stereocenters. The molecule has 0 unspecified atom stereocenters. The van der Waals surface area contributed by atoms with E-state index < -0.39 is 0 Å². The van der Waals surface area contributed by atoms with Crippen molar-refractivity contribution in [2.24, 2.45) is 0 Å². The van der Waals surface area contributed by atoms with E-state index in [-0.39, 0.29) is 0 Å². The topological polar surface area (TPSA) is 42.2 Å². The molecule has 3 aromatic heterocycles. The van der Waals surface area contributed by atoms with Crippen molar-refractivity contribution in [1.29, 1.82) is 0 Å². The lowest BCUT2D eigenvalue weighted by Gasteiger charge is -2.09. The number of thiophene rings is 1. The second-order valence-electron chi connectivity index (χ2n) is 5.30. The number of aromatic nitrogens is 3. The highest BCUT2D eigenvalue weighted by atomic mass is 32.1. The van der Waals surface area contributed by atoms with E-state index >= 15 is 0 Å². The minimum atomic E-state index is 0.818. The van der Waals surface area contributed by atoms with Crippen LogP contribution in [0.2, 0.25) is 0 Å². The maximum Gasteiger partial charge on any atom is 0.160 e. The van der Waals surface area contributed by atoms with E-state index in [1.807, 2.05) is 22.8 Å². The Balaban J connectivity index is 1.98. The van der Waals surface area contributed by atoms with E-state index in [2.05, 4.69) is 49.4 Å². The first-order valence-corrected chi connectivity index (χ1v) is 8.05. The number of nitrogens with one attached hydrogen (secondary N) is 1. The van der Waals surface area contributed by atoms with Crippen molar-refractivity contribution in [2.75, 3.05) is 5.32 Å². The summed E-state index contributed by atoms with van der Waals surface area (Å²) >= 11 is 1.82. The van der Waals surface area contributed by atoms with Crippen LogP contribution in [0.25, 0.3) is 5.65 Å². The molecule has 0 bridgehead atoms. The van der Waals surface area contributed by atoms with Crippen molar-refractivity contribution in [3.63, 3.8) is 0 Å². The Morgan fingerprint density at radius 2 is 2.05 bits per heavy atom. The summed E-state index contributed by atoms with van der Waals surface area (Å²) in [5, 5.41) is 8.10. The SMILES string of the molecule is CCc1cc(NCc2ccc(C)s2)n2nc(C)c(C)c2n1. The largest absolute Gasteiger partial charge is 0.365 e. The van der Waals surface area contributed by atoms with Crippen LogP contribution < -0.4 is 5.32 Å². The van der Waals surface area contributed by atoms with Gasteiger partial charge in [-0.3, -0.25) is 0 Å². The van der Waals surface area contributed by atoms with E-state index in [9.17, 15) is 0 Å². The third kappa shape index (κ3) is 2.65. The molecule has 0 aliphatic heterocycles. The van der Waals surface area contributed by atoms with Crippen LogP contribution in [-0.4, -0.2) is 14.6 Å². The molecule has 0 aliphatic carbocycles. The Hall–Kier alpha value is -1.88. The lowest BCUT2D eigenvalue weighted by Crippen LogP contribution is -2.07. The van der Waals surface area contributed by atoms with Crippen LogP contribution in [0.5, 0.6) is 0 Å². The minimum Gasteiger partial charge on any atom is -0.365 e. The van der Waals surface area contributed by atoms with Crippen molar-refractivity contribution < 1.29 is 0 Å². The molecular formula is C16H20N4S. The van der Waals surface area contributed by atoms with Gasteiger partial charge in [-0.1, -0.05) is 6.92 Å². The Kier molecular flexibility index (Phi) is 3.68. The van der Waals surface area contributed by atoms with Gasteiger partial charge in [0.15, 0.2) is 5.65 Å². The van der Waals surface area contributed by atoms with Gasteiger partial charge in [0.1, 0.15) is 5.82 Å². The number of anilines is 1. The fraction of sp³-hybridized carbons (Fsp3) is 0.375. The van der Waals surface area contributed by atoms with Gasteiger partial charge in [-0.05, 0) is 39.3 Å². The quantitative estimate of drug-likeness (QED) is 0.795. The van der Waals surface area contributed by atoms with Gasteiger partial charge < -0.3 is 5.32 Å². The zero-order valence-electron chi connectivity index (χ0n) is 12.9. The van der Waals surface area contributed by atoms with Gasteiger partial charge in [-0.2, -0.15) is 9.61 Å². The molecule has 3 aromatic rings. The average Bonchev–Trinajstić information content (AvgIpc) is 3.01. The normalized spacial score (nSPS) is 11.2. The third-order valence-corrected chi connectivity index (χ3v) is 4.71. The second kappa shape index (κ2) is 5.48. The molecule has 0 aliphatic rings. The van der Waals surface area contributed by atoms with Gasteiger partial charge in [-0.25, -0.2) is 4.98 Å². The number of nitrogens with zero attached hydrogens (tertiary/aromatic N) is 3. The van der Waals surface area contributed by atoms with Gasteiger partial charge in [0.05, 0.1) is 12.2 Å². The van der Waals surface area contributed by atoms with E-state index in [1.54, 1.807) is 0 Å². The smallest absolute Gasteiger partial charge is 0.160 e. The molecule has 1 N–H and O–H groups in total. The molecule has 3 heterocycles. The van der Waals surface area contributed by atoms with E-state index in [0.29, 0.717) is 0 Å². The highest BCUT2D eigenvalue weighted by Crippen LogP contribution is 2.21. The summed E-state index contributed by atoms with van der Waals surface area (Å²) in [6.45, 7) is 9.19. The summed E-state index contributed by atoms with van der Waals surface area (Å²) in [7, 11) is 0. The molecule has 0 radical (unpaired) electrons. The van der Waals surface area contributed by atoms with Crippen LogP contribution in [-0.2, 0) is 13.0 Å². The fourth-order valence-corrected chi connectivity index (χ4v) is 3.17. The maximum absolute atomic E-state index is 4.70. The zero-order chi connectivity index (χ0) is 15.0. The Morgan fingerprint density at radius 3 is 2.71 bits per heavy atom. The van der Waals surface area contributed by atoms with Crippen molar-refractivity contribution in [1.82, 2.24) is 14.6 Å². The fourth-order valence-electron chi connectivity index (χ4n) is 2.34. The average molecular weight is 300 g/mol. The Morgan fingerprint density at radius 1 is 1.24 bits per heavy atom. The molecule has 0 saturated heterocycles. The van der Waals surface area contributed by atoms with E-state index in [4.69, 9.17) is 4.98 Å². The lowest BCUT2D eigenvalue weighted by atomic mass is 10.2. The van der Waals surface area contributed by atoms with Gasteiger partial charge in [0, 0.05) is 27.1 Å².